The van der Waals surface area contributed by atoms with Gasteiger partial charge in [-0.15, -0.1) is 24.1 Å². The Bertz CT molecular complexity index is 301. The Morgan fingerprint density at radius 1 is 1.62 bits per heavy atom. The molecule has 0 aromatic rings. The van der Waals surface area contributed by atoms with E-state index in [0.29, 0.717) is 0 Å². The molecule has 0 aliphatic heterocycles. The molecule has 90 valence electrons. The minimum Gasteiger partial charge on any atom is -0.479 e. The number of carboxylic acids is 1. The van der Waals surface area contributed by atoms with E-state index in [9.17, 15) is 9.59 Å². The van der Waals surface area contributed by atoms with Crippen LogP contribution >= 0.6 is 11.8 Å². The Labute approximate surface area is 99.6 Å². The summed E-state index contributed by atoms with van der Waals surface area (Å²) in [7, 11) is 3.07. The Kier molecular flexibility index (Phi) is 6.61. The van der Waals surface area contributed by atoms with Gasteiger partial charge >= 0.3 is 5.97 Å². The van der Waals surface area contributed by atoms with Crippen LogP contribution in [0.1, 0.15) is 6.42 Å². The van der Waals surface area contributed by atoms with Crippen LogP contribution in [0.25, 0.3) is 0 Å². The molecule has 0 aliphatic rings. The van der Waals surface area contributed by atoms with Gasteiger partial charge in [0.2, 0.25) is 5.91 Å². The Hall–Kier alpha value is -1.19. The fraction of sp³-hybridized carbons (Fsp3) is 0.600. The highest BCUT2D eigenvalue weighted by Gasteiger charge is 2.29. The van der Waals surface area contributed by atoms with Crippen LogP contribution in [0.2, 0.25) is 0 Å². The number of rotatable bonds is 6. The van der Waals surface area contributed by atoms with E-state index in [2.05, 4.69) is 11.2 Å². The van der Waals surface area contributed by atoms with Crippen molar-refractivity contribution in [1.29, 1.82) is 0 Å². The first-order valence-electron chi connectivity index (χ1n) is 4.62. The second kappa shape index (κ2) is 7.14. The maximum Gasteiger partial charge on any atom is 0.337 e. The van der Waals surface area contributed by atoms with Gasteiger partial charge in [-0.05, 0) is 13.3 Å². The predicted octanol–water partition coefficient (Wildman–Crippen LogP) is -0.170. The van der Waals surface area contributed by atoms with Gasteiger partial charge in [-0.1, -0.05) is 0 Å². The monoisotopic (exact) mass is 244 g/mol. The summed E-state index contributed by atoms with van der Waals surface area (Å²) in [5.74, 6) is 1.02. The zero-order chi connectivity index (χ0) is 12.7. The molecule has 16 heavy (non-hydrogen) atoms. The predicted molar refractivity (Wildman–Crippen MR) is 64.0 cm³/mol. The first-order valence-corrected chi connectivity index (χ1v) is 5.91. The molecule has 0 aromatic carbocycles. The molecule has 0 bridgehead atoms. The second-order valence-electron chi connectivity index (χ2n) is 3.12. The summed E-state index contributed by atoms with van der Waals surface area (Å²) < 4.78 is 0. The van der Waals surface area contributed by atoms with Crippen molar-refractivity contribution in [3.63, 3.8) is 0 Å². The summed E-state index contributed by atoms with van der Waals surface area (Å²) in [6.45, 7) is 0. The topological polar surface area (TPSA) is 69.6 Å². The van der Waals surface area contributed by atoms with Gasteiger partial charge in [-0.25, -0.2) is 4.79 Å². The van der Waals surface area contributed by atoms with Gasteiger partial charge in [-0.2, -0.15) is 0 Å². The van der Waals surface area contributed by atoms with Crippen LogP contribution in [-0.4, -0.2) is 53.6 Å². The van der Waals surface area contributed by atoms with Crippen LogP contribution in [-0.2, 0) is 9.59 Å². The molecule has 0 fully saturated rings. The Morgan fingerprint density at radius 3 is 2.50 bits per heavy atom. The maximum atomic E-state index is 11.9. The van der Waals surface area contributed by atoms with Crippen molar-refractivity contribution in [2.45, 2.75) is 17.8 Å². The lowest BCUT2D eigenvalue weighted by atomic mass is 10.2. The average Bonchev–Trinajstić information content (AvgIpc) is 2.25. The summed E-state index contributed by atoms with van der Waals surface area (Å²) in [6, 6.07) is -0.538. The van der Waals surface area contributed by atoms with E-state index < -0.39 is 17.4 Å². The number of likely N-dealkylation sites (N-methyl/N-ethyl adjacent to an activating group) is 2. The first-order chi connectivity index (χ1) is 7.49. The number of carbonyl (C=O) groups is 2. The molecule has 0 saturated heterocycles. The highest BCUT2D eigenvalue weighted by Crippen LogP contribution is 2.12. The highest BCUT2D eigenvalue weighted by atomic mass is 32.2. The van der Waals surface area contributed by atoms with E-state index in [-0.39, 0.29) is 12.3 Å². The highest BCUT2D eigenvalue weighted by molar-refractivity contribution is 7.99. The smallest absolute Gasteiger partial charge is 0.337 e. The third-order valence-electron chi connectivity index (χ3n) is 2.10. The van der Waals surface area contributed by atoms with Gasteiger partial charge in [0.1, 0.15) is 0 Å². The van der Waals surface area contributed by atoms with Gasteiger partial charge in [0.25, 0.3) is 0 Å². The summed E-state index contributed by atoms with van der Waals surface area (Å²) in [6.07, 6.45) is 7.00. The van der Waals surface area contributed by atoms with Crippen molar-refractivity contribution in [3.05, 3.63) is 0 Å². The molecule has 2 N–H and O–H groups in total. The molecule has 6 heteroatoms. The van der Waals surface area contributed by atoms with Gasteiger partial charge in [0, 0.05) is 13.5 Å². The number of aliphatic carboxylic acids is 1. The minimum atomic E-state index is -1.04. The molecule has 0 heterocycles. The Morgan fingerprint density at radius 2 is 2.19 bits per heavy atom. The molecule has 2 unspecified atom stereocenters. The average molecular weight is 244 g/mol. The molecule has 0 saturated carbocycles. The van der Waals surface area contributed by atoms with Gasteiger partial charge in [0.05, 0.1) is 6.04 Å². The molecule has 0 spiro atoms. The summed E-state index contributed by atoms with van der Waals surface area (Å²) in [4.78, 5) is 23.9. The molecule has 1 amide bonds. The van der Waals surface area contributed by atoms with Crippen LogP contribution in [0, 0.1) is 12.3 Å². The normalized spacial score (nSPS) is 13.6. The van der Waals surface area contributed by atoms with Crippen molar-refractivity contribution < 1.29 is 14.7 Å². The van der Waals surface area contributed by atoms with Crippen LogP contribution in [0.15, 0.2) is 0 Å². The maximum absolute atomic E-state index is 11.9. The number of terminal acetylenes is 1. The van der Waals surface area contributed by atoms with Crippen molar-refractivity contribution >= 4 is 23.6 Å². The zero-order valence-electron chi connectivity index (χ0n) is 9.56. The van der Waals surface area contributed by atoms with Crippen LogP contribution in [0.3, 0.4) is 0 Å². The van der Waals surface area contributed by atoms with E-state index in [1.54, 1.807) is 13.3 Å². The number of hydrogen-bond acceptors (Lipinski definition) is 4. The van der Waals surface area contributed by atoms with Gasteiger partial charge in [-0.3, -0.25) is 4.79 Å². The van der Waals surface area contributed by atoms with E-state index >= 15 is 0 Å². The molecular formula is C10H16N2O3S. The molecule has 0 aliphatic carbocycles. The lowest BCUT2D eigenvalue weighted by molar-refractivity contribution is -0.145. The van der Waals surface area contributed by atoms with Crippen LogP contribution < -0.4 is 5.32 Å². The van der Waals surface area contributed by atoms with Crippen molar-refractivity contribution in [3.8, 4) is 12.3 Å². The SMILES string of the molecule is C#CCC(NC)C(=O)N(C)C(SC)C(=O)O. The molecular weight excluding hydrogens is 228 g/mol. The standard InChI is InChI=1S/C10H16N2O3S/c1-5-6-7(11-2)8(13)12(3)9(16-4)10(14)15/h1,7,9,11H,6H2,2-4H3,(H,14,15). The molecule has 0 aromatic heterocycles. The third-order valence-corrected chi connectivity index (χ3v) is 3.07. The van der Waals surface area contributed by atoms with Crippen molar-refractivity contribution in [1.82, 2.24) is 10.2 Å². The molecule has 5 nitrogen and oxygen atoms in total. The van der Waals surface area contributed by atoms with Gasteiger partial charge < -0.3 is 15.3 Å². The number of carboxylic acid groups (broad SMARTS) is 1. The number of thioether (sulfide) groups is 1. The largest absolute Gasteiger partial charge is 0.479 e. The number of nitrogens with one attached hydrogen (secondary N) is 1. The summed E-state index contributed by atoms with van der Waals surface area (Å²) in [5.41, 5.74) is 0. The zero-order valence-corrected chi connectivity index (χ0v) is 10.4. The van der Waals surface area contributed by atoms with Crippen molar-refractivity contribution in [2.75, 3.05) is 20.4 Å². The fourth-order valence-electron chi connectivity index (χ4n) is 1.22. The molecule has 2 atom stereocenters. The summed E-state index contributed by atoms with van der Waals surface area (Å²) in [5, 5.41) is 10.8. The number of nitrogens with zero attached hydrogens (tertiary/aromatic N) is 1. The first kappa shape index (κ1) is 14.8. The van der Waals surface area contributed by atoms with E-state index in [1.165, 1.54) is 11.9 Å². The summed E-state index contributed by atoms with van der Waals surface area (Å²) >= 11 is 1.09. The van der Waals surface area contributed by atoms with Crippen molar-refractivity contribution in [2.24, 2.45) is 0 Å². The second-order valence-corrected chi connectivity index (χ2v) is 4.04. The van der Waals surface area contributed by atoms with Crippen LogP contribution in [0.5, 0.6) is 0 Å². The quantitative estimate of drug-likeness (QED) is 0.501. The number of hydrogen-bond donors (Lipinski definition) is 2. The minimum absolute atomic E-state index is 0.237. The van der Waals surface area contributed by atoms with E-state index in [4.69, 9.17) is 11.5 Å². The third kappa shape index (κ3) is 3.76. The van der Waals surface area contributed by atoms with Crippen LogP contribution in [0.4, 0.5) is 0 Å². The Balaban J connectivity index is 4.69. The molecule has 0 radical (unpaired) electrons. The van der Waals surface area contributed by atoms with E-state index in [1.807, 2.05) is 0 Å². The number of amides is 1. The van der Waals surface area contributed by atoms with Gasteiger partial charge in [0.15, 0.2) is 5.37 Å². The lowest BCUT2D eigenvalue weighted by Gasteiger charge is -2.26. The number of carbonyl (C=O) groups excluding carboxylic acids is 1. The molecule has 0 rings (SSSR count). The van der Waals surface area contributed by atoms with E-state index in [0.717, 1.165) is 11.8 Å². The fourth-order valence-corrected chi connectivity index (χ4v) is 1.84. The lowest BCUT2D eigenvalue weighted by Crippen LogP contribution is -2.48.